The van der Waals surface area contributed by atoms with Crippen LogP contribution in [0.1, 0.15) is 5.56 Å². The van der Waals surface area contributed by atoms with Crippen molar-refractivity contribution >= 4 is 29.9 Å². The summed E-state index contributed by atoms with van der Waals surface area (Å²) in [6.07, 6.45) is 1.38. The normalized spacial score (nSPS) is 10.8. The van der Waals surface area contributed by atoms with E-state index < -0.39 is 12.6 Å². The first-order valence-corrected chi connectivity index (χ1v) is 12.6. The second-order valence-corrected chi connectivity index (χ2v) is 8.84. The fraction of sp³-hybridized carbons (Fsp3) is 0.148. The molecule has 0 spiro atoms. The van der Waals surface area contributed by atoms with E-state index in [-0.39, 0.29) is 11.7 Å². The molecule has 0 aliphatic rings. The van der Waals surface area contributed by atoms with Crippen molar-refractivity contribution in [2.24, 2.45) is 5.10 Å². The smallest absolute Gasteiger partial charge is 0.342 e. The van der Waals surface area contributed by atoms with Crippen LogP contribution in [0, 0.1) is 0 Å². The number of aromatic nitrogens is 3. The number of H-pyrrole nitrogens is 1. The molecule has 200 valence electrons. The molecule has 12 heteroatoms. The quantitative estimate of drug-likeness (QED) is 0.118. The first kappa shape index (κ1) is 27.2. The van der Waals surface area contributed by atoms with Gasteiger partial charge in [0.25, 0.3) is 11.7 Å². The van der Waals surface area contributed by atoms with Crippen LogP contribution < -0.4 is 29.3 Å². The molecule has 2 N–H and O–H groups in total. The van der Waals surface area contributed by atoms with E-state index in [1.165, 1.54) is 18.0 Å². The number of nitrogens with one attached hydrogen (secondary N) is 2. The van der Waals surface area contributed by atoms with Crippen molar-refractivity contribution in [3.63, 3.8) is 0 Å². The number of benzene rings is 3. The molecule has 0 radical (unpaired) electrons. The number of hydrogen-bond donors (Lipinski definition) is 2. The number of aliphatic carboxylic acids is 1. The SMILES string of the molecule is COc1ccc(-c2[nH]nc(SCC(=O)N/N=C/c3ccccc3OCC(=O)[O-])[n+]2-c2ccc(OC)cc2)cc1. The van der Waals surface area contributed by atoms with Crippen LogP contribution >= 0.6 is 11.8 Å². The maximum atomic E-state index is 12.5. The van der Waals surface area contributed by atoms with Gasteiger partial charge in [-0.1, -0.05) is 12.1 Å². The Balaban J connectivity index is 1.48. The molecule has 11 nitrogen and oxygen atoms in total. The predicted octanol–water partition coefficient (Wildman–Crippen LogP) is 1.74. The molecule has 0 aliphatic heterocycles. The third-order valence-corrected chi connectivity index (χ3v) is 6.29. The zero-order chi connectivity index (χ0) is 27.6. The molecule has 4 aromatic rings. The topological polar surface area (TPSA) is 142 Å². The highest BCUT2D eigenvalue weighted by Crippen LogP contribution is 2.23. The summed E-state index contributed by atoms with van der Waals surface area (Å²) in [6.45, 7) is -0.593. The number of ether oxygens (including phenoxy) is 3. The average Bonchev–Trinajstić information content (AvgIpc) is 3.39. The molecule has 1 aromatic heterocycles. The minimum Gasteiger partial charge on any atom is -0.546 e. The first-order valence-electron chi connectivity index (χ1n) is 11.6. The predicted molar refractivity (Wildman–Crippen MR) is 142 cm³/mol. The lowest BCUT2D eigenvalue weighted by molar-refractivity contribution is -0.625. The van der Waals surface area contributed by atoms with Crippen LogP contribution in [0.25, 0.3) is 17.1 Å². The summed E-state index contributed by atoms with van der Waals surface area (Å²) in [7, 11) is 3.21. The fourth-order valence-corrected chi connectivity index (χ4v) is 4.26. The van der Waals surface area contributed by atoms with Crippen LogP contribution in [0.15, 0.2) is 83.1 Å². The summed E-state index contributed by atoms with van der Waals surface area (Å²) >= 11 is 1.23. The Bertz CT molecular complexity index is 1450. The summed E-state index contributed by atoms with van der Waals surface area (Å²) in [4.78, 5) is 23.2. The summed E-state index contributed by atoms with van der Waals surface area (Å²) in [5.74, 6) is 0.797. The number of carbonyl (C=O) groups excluding carboxylic acids is 2. The lowest BCUT2D eigenvalue weighted by Gasteiger charge is -2.09. The van der Waals surface area contributed by atoms with Crippen molar-refractivity contribution in [1.82, 2.24) is 15.6 Å². The number of carboxylic acid groups (broad SMARTS) is 1. The molecule has 4 rings (SSSR count). The van der Waals surface area contributed by atoms with Gasteiger partial charge in [0.05, 0.1) is 42.8 Å². The largest absolute Gasteiger partial charge is 0.546 e. The number of nitrogens with zero attached hydrogens (tertiary/aromatic N) is 3. The van der Waals surface area contributed by atoms with E-state index in [4.69, 9.17) is 14.2 Å². The number of rotatable bonds is 12. The number of methoxy groups -OCH3 is 2. The molecule has 0 atom stereocenters. The first-order chi connectivity index (χ1) is 19.0. The highest BCUT2D eigenvalue weighted by atomic mass is 32.2. The molecule has 0 aliphatic carbocycles. The average molecular weight is 548 g/mol. The monoisotopic (exact) mass is 547 g/mol. The molecule has 0 fully saturated rings. The van der Waals surface area contributed by atoms with Crippen molar-refractivity contribution in [1.29, 1.82) is 0 Å². The summed E-state index contributed by atoms with van der Waals surface area (Å²) in [6, 6.07) is 21.7. The Morgan fingerprint density at radius 2 is 1.69 bits per heavy atom. The lowest BCUT2D eigenvalue weighted by atomic mass is 10.2. The minimum atomic E-state index is -1.34. The van der Waals surface area contributed by atoms with E-state index in [1.807, 2.05) is 53.1 Å². The summed E-state index contributed by atoms with van der Waals surface area (Å²) < 4.78 is 17.6. The zero-order valence-electron chi connectivity index (χ0n) is 21.1. The van der Waals surface area contributed by atoms with Crippen molar-refractivity contribution in [3.8, 4) is 34.3 Å². The highest BCUT2D eigenvalue weighted by Gasteiger charge is 2.24. The van der Waals surface area contributed by atoms with Gasteiger partial charge in [-0.25, -0.2) is 5.43 Å². The molecular weight excluding hydrogens is 522 g/mol. The van der Waals surface area contributed by atoms with Crippen molar-refractivity contribution < 1.29 is 33.5 Å². The third kappa shape index (κ3) is 7.14. The Morgan fingerprint density at radius 1 is 1.03 bits per heavy atom. The van der Waals surface area contributed by atoms with Gasteiger partial charge in [0, 0.05) is 5.56 Å². The van der Waals surface area contributed by atoms with Crippen molar-refractivity contribution in [3.05, 3.63) is 78.4 Å². The summed E-state index contributed by atoms with van der Waals surface area (Å²) in [5, 5.41) is 22.7. The van der Waals surface area contributed by atoms with Crippen molar-refractivity contribution in [2.45, 2.75) is 5.16 Å². The maximum absolute atomic E-state index is 12.5. The number of aromatic amines is 1. The molecule has 0 saturated heterocycles. The number of amides is 1. The van der Waals surface area contributed by atoms with E-state index in [9.17, 15) is 14.7 Å². The molecule has 0 saturated carbocycles. The van der Waals surface area contributed by atoms with Crippen LogP contribution in [0.3, 0.4) is 0 Å². The van der Waals surface area contributed by atoms with Gasteiger partial charge in [-0.3, -0.25) is 4.79 Å². The van der Waals surface area contributed by atoms with Crippen LogP contribution in [0.4, 0.5) is 0 Å². The van der Waals surface area contributed by atoms with Gasteiger partial charge in [-0.2, -0.15) is 9.67 Å². The van der Waals surface area contributed by atoms with Crippen LogP contribution in [-0.4, -0.2) is 54.9 Å². The van der Waals surface area contributed by atoms with Gasteiger partial charge in [-0.05, 0) is 72.4 Å². The second-order valence-electron chi connectivity index (χ2n) is 7.90. The Hall–Kier alpha value is -4.84. The van der Waals surface area contributed by atoms with Gasteiger partial charge < -0.3 is 24.1 Å². The van der Waals surface area contributed by atoms with E-state index in [1.54, 1.807) is 38.5 Å². The van der Waals surface area contributed by atoms with Crippen LogP contribution in [0.2, 0.25) is 0 Å². The molecular formula is C27H25N5O6S. The lowest BCUT2D eigenvalue weighted by Crippen LogP contribution is -2.34. The van der Waals surface area contributed by atoms with Crippen LogP contribution in [0.5, 0.6) is 17.2 Å². The summed E-state index contributed by atoms with van der Waals surface area (Å²) in [5.41, 5.74) is 4.67. The Kier molecular flexibility index (Phi) is 9.14. The standard InChI is InChI=1S/C27H25N5O6S/c1-36-21-11-7-18(8-12-21)26-30-31-27(32(26)20-9-13-22(37-2)14-10-20)39-17-24(33)29-28-15-19-5-3-4-6-23(19)38-16-25(34)35/h3-15H,16-17H2,1-2H3,(H2,29,33,34,35)/b28-15+. The second kappa shape index (κ2) is 13.1. The molecule has 1 amide bonds. The van der Waals surface area contributed by atoms with Gasteiger partial charge >= 0.3 is 5.16 Å². The van der Waals surface area contributed by atoms with Gasteiger partial charge in [0.15, 0.2) is 0 Å². The molecule has 0 bridgehead atoms. The third-order valence-electron chi connectivity index (χ3n) is 5.36. The van der Waals surface area contributed by atoms with Crippen molar-refractivity contribution in [2.75, 3.05) is 26.6 Å². The minimum absolute atomic E-state index is 0.0310. The Morgan fingerprint density at radius 3 is 2.36 bits per heavy atom. The number of carboxylic acids is 1. The number of hydrazone groups is 1. The number of carbonyl (C=O) groups is 2. The molecule has 39 heavy (non-hydrogen) atoms. The highest BCUT2D eigenvalue weighted by molar-refractivity contribution is 7.99. The van der Waals surface area contributed by atoms with E-state index in [0.29, 0.717) is 22.2 Å². The van der Waals surface area contributed by atoms with Gasteiger partial charge in [-0.15, -0.1) is 5.10 Å². The molecule has 3 aromatic carbocycles. The number of hydrogen-bond acceptors (Lipinski definition) is 9. The van der Waals surface area contributed by atoms with E-state index in [0.717, 1.165) is 22.8 Å². The van der Waals surface area contributed by atoms with Crippen LogP contribution in [-0.2, 0) is 9.59 Å². The maximum Gasteiger partial charge on any atom is 0.342 e. The number of thioether (sulfide) groups is 1. The number of para-hydroxylation sites is 1. The van der Waals surface area contributed by atoms with Gasteiger partial charge in [0.2, 0.25) is 0 Å². The van der Waals surface area contributed by atoms with E-state index in [2.05, 4.69) is 20.7 Å². The van der Waals surface area contributed by atoms with E-state index >= 15 is 0 Å². The fourth-order valence-electron chi connectivity index (χ4n) is 3.50. The molecule has 0 unspecified atom stereocenters. The van der Waals surface area contributed by atoms with Gasteiger partial charge in [0.1, 0.15) is 29.5 Å². The Labute approximate surface area is 228 Å². The molecule has 1 heterocycles. The zero-order valence-corrected chi connectivity index (χ0v) is 21.9.